The lowest BCUT2D eigenvalue weighted by molar-refractivity contribution is 0.0787. The van der Waals surface area contributed by atoms with Gasteiger partial charge in [-0.25, -0.2) is 4.98 Å². The maximum Gasteiger partial charge on any atom is 0.275 e. The van der Waals surface area contributed by atoms with E-state index in [-0.39, 0.29) is 5.91 Å². The Morgan fingerprint density at radius 1 is 1.00 bits per heavy atom. The number of benzene rings is 1. The number of rotatable bonds is 6. The molecule has 6 nitrogen and oxygen atoms in total. The van der Waals surface area contributed by atoms with Crippen LogP contribution in [0.25, 0.3) is 6.08 Å². The molecule has 2 aliphatic rings. The fourth-order valence-electron chi connectivity index (χ4n) is 3.79. The van der Waals surface area contributed by atoms with Gasteiger partial charge in [0.05, 0.1) is 6.54 Å². The van der Waals surface area contributed by atoms with Gasteiger partial charge in [0, 0.05) is 45.8 Å². The van der Waals surface area contributed by atoms with Crippen LogP contribution in [0.3, 0.4) is 0 Å². The molecule has 1 aromatic carbocycles. The second-order valence-corrected chi connectivity index (χ2v) is 7.52. The fraction of sp³-hybridized carbons (Fsp3) is 0.455. The zero-order chi connectivity index (χ0) is 19.2. The quantitative estimate of drug-likeness (QED) is 0.771. The number of carbonyl (C=O) groups excluding carboxylic acids is 1. The molecule has 2 saturated heterocycles. The van der Waals surface area contributed by atoms with Gasteiger partial charge < -0.3 is 9.32 Å². The molecule has 1 aromatic heterocycles. The average Bonchev–Trinajstić information content (AvgIpc) is 3.42. The van der Waals surface area contributed by atoms with Gasteiger partial charge in [0.2, 0.25) is 5.89 Å². The van der Waals surface area contributed by atoms with Crippen LogP contribution in [0.2, 0.25) is 0 Å². The largest absolute Gasteiger partial charge is 0.447 e. The second kappa shape index (κ2) is 9.17. The number of aromatic nitrogens is 1. The predicted octanol–water partition coefficient (Wildman–Crippen LogP) is 2.74. The van der Waals surface area contributed by atoms with Crippen LogP contribution in [-0.2, 0) is 6.54 Å². The van der Waals surface area contributed by atoms with E-state index in [4.69, 9.17) is 4.42 Å². The molecular formula is C22H28N4O2. The van der Waals surface area contributed by atoms with E-state index >= 15 is 0 Å². The van der Waals surface area contributed by atoms with E-state index in [1.54, 1.807) is 0 Å². The van der Waals surface area contributed by atoms with E-state index in [0.717, 1.165) is 58.7 Å². The maximum absolute atomic E-state index is 12.4. The lowest BCUT2D eigenvalue weighted by Gasteiger charge is -2.33. The summed E-state index contributed by atoms with van der Waals surface area (Å²) in [6.07, 6.45) is 8.09. The van der Waals surface area contributed by atoms with Crippen molar-refractivity contribution >= 4 is 12.0 Å². The number of amides is 1. The van der Waals surface area contributed by atoms with Gasteiger partial charge in [0.15, 0.2) is 5.69 Å². The molecule has 4 rings (SSSR count). The van der Waals surface area contributed by atoms with Crippen molar-refractivity contribution in [3.63, 3.8) is 0 Å². The van der Waals surface area contributed by atoms with E-state index in [2.05, 4.69) is 51.2 Å². The first-order chi connectivity index (χ1) is 13.8. The molecule has 0 radical (unpaired) electrons. The molecule has 148 valence electrons. The van der Waals surface area contributed by atoms with Gasteiger partial charge in [-0.15, -0.1) is 0 Å². The van der Waals surface area contributed by atoms with Gasteiger partial charge in [0.25, 0.3) is 5.91 Å². The Morgan fingerprint density at radius 3 is 2.46 bits per heavy atom. The molecule has 2 aliphatic heterocycles. The summed E-state index contributed by atoms with van der Waals surface area (Å²) in [7, 11) is 0. The second-order valence-electron chi connectivity index (χ2n) is 7.52. The molecule has 6 heteroatoms. The molecule has 0 atom stereocenters. The summed E-state index contributed by atoms with van der Waals surface area (Å²) >= 11 is 0. The SMILES string of the molecule is O=C(c1coc(CN2CCN(C/C=C/c3ccccc3)CC2)n1)N1CCCC1. The predicted molar refractivity (Wildman–Crippen MR) is 109 cm³/mol. The number of oxazole rings is 1. The minimum Gasteiger partial charge on any atom is -0.447 e. The summed E-state index contributed by atoms with van der Waals surface area (Å²) in [6, 6.07) is 10.4. The molecule has 0 aliphatic carbocycles. The van der Waals surface area contributed by atoms with Crippen LogP contribution in [0.1, 0.15) is 34.8 Å². The summed E-state index contributed by atoms with van der Waals surface area (Å²) in [4.78, 5) is 23.5. The first-order valence-electron chi connectivity index (χ1n) is 10.2. The highest BCUT2D eigenvalue weighted by Crippen LogP contribution is 2.14. The number of likely N-dealkylation sites (tertiary alicyclic amines) is 1. The van der Waals surface area contributed by atoms with Crippen LogP contribution in [0.4, 0.5) is 0 Å². The fourth-order valence-corrected chi connectivity index (χ4v) is 3.79. The van der Waals surface area contributed by atoms with Crippen LogP contribution >= 0.6 is 0 Å². The Kier molecular flexibility index (Phi) is 6.19. The van der Waals surface area contributed by atoms with Crippen molar-refractivity contribution in [3.8, 4) is 0 Å². The van der Waals surface area contributed by atoms with Crippen molar-refractivity contribution in [1.29, 1.82) is 0 Å². The van der Waals surface area contributed by atoms with E-state index < -0.39 is 0 Å². The summed E-state index contributed by atoms with van der Waals surface area (Å²) in [5, 5.41) is 0. The molecule has 2 aromatic rings. The lowest BCUT2D eigenvalue weighted by Crippen LogP contribution is -2.45. The smallest absolute Gasteiger partial charge is 0.275 e. The van der Waals surface area contributed by atoms with Crippen molar-refractivity contribution < 1.29 is 9.21 Å². The van der Waals surface area contributed by atoms with Crippen LogP contribution in [0, 0.1) is 0 Å². The Labute approximate surface area is 166 Å². The van der Waals surface area contributed by atoms with Gasteiger partial charge in [-0.1, -0.05) is 42.5 Å². The number of hydrogen-bond donors (Lipinski definition) is 0. The first-order valence-corrected chi connectivity index (χ1v) is 10.2. The standard InChI is InChI=1S/C22H28N4O2/c27-22(26-11-4-5-12-26)20-18-28-21(23-20)17-25-15-13-24(14-16-25)10-6-9-19-7-2-1-3-8-19/h1-3,6-9,18H,4-5,10-17H2/b9-6+. The minimum absolute atomic E-state index is 0.00234. The maximum atomic E-state index is 12.4. The zero-order valence-electron chi connectivity index (χ0n) is 16.3. The Balaban J connectivity index is 1.21. The van der Waals surface area contributed by atoms with E-state index in [1.165, 1.54) is 11.8 Å². The number of hydrogen-bond acceptors (Lipinski definition) is 5. The van der Waals surface area contributed by atoms with Gasteiger partial charge in [-0.2, -0.15) is 0 Å². The van der Waals surface area contributed by atoms with E-state index in [1.807, 2.05) is 11.0 Å². The normalized spacial score (nSPS) is 18.9. The van der Waals surface area contributed by atoms with Gasteiger partial charge in [-0.05, 0) is 18.4 Å². The summed E-state index contributed by atoms with van der Waals surface area (Å²) in [6.45, 7) is 7.33. The summed E-state index contributed by atoms with van der Waals surface area (Å²) in [5.74, 6) is 0.641. The van der Waals surface area contributed by atoms with E-state index in [9.17, 15) is 4.79 Å². The highest BCUT2D eigenvalue weighted by atomic mass is 16.3. The molecule has 0 unspecified atom stereocenters. The first kappa shape index (κ1) is 18.9. The molecular weight excluding hydrogens is 352 g/mol. The van der Waals surface area contributed by atoms with Crippen molar-refractivity contribution in [2.24, 2.45) is 0 Å². The average molecular weight is 380 g/mol. The molecule has 0 N–H and O–H groups in total. The molecule has 2 fully saturated rings. The molecule has 0 saturated carbocycles. The van der Waals surface area contributed by atoms with E-state index in [0.29, 0.717) is 18.1 Å². The Bertz CT molecular complexity index is 788. The third-order valence-corrected chi connectivity index (χ3v) is 5.46. The van der Waals surface area contributed by atoms with Crippen molar-refractivity contribution in [3.05, 3.63) is 59.8 Å². The topological polar surface area (TPSA) is 52.8 Å². The summed E-state index contributed by atoms with van der Waals surface area (Å²) in [5.41, 5.74) is 1.69. The molecule has 0 spiro atoms. The van der Waals surface area contributed by atoms with Gasteiger partial charge in [-0.3, -0.25) is 14.6 Å². The van der Waals surface area contributed by atoms with Crippen molar-refractivity contribution in [2.45, 2.75) is 19.4 Å². The van der Waals surface area contributed by atoms with Gasteiger partial charge in [0.1, 0.15) is 6.26 Å². The third kappa shape index (κ3) is 4.88. The van der Waals surface area contributed by atoms with Crippen LogP contribution in [0.5, 0.6) is 0 Å². The zero-order valence-corrected chi connectivity index (χ0v) is 16.3. The van der Waals surface area contributed by atoms with Crippen LogP contribution in [-0.4, -0.2) is 71.4 Å². The highest BCUT2D eigenvalue weighted by Gasteiger charge is 2.23. The molecule has 1 amide bonds. The monoisotopic (exact) mass is 380 g/mol. The van der Waals surface area contributed by atoms with Crippen LogP contribution in [0.15, 0.2) is 47.1 Å². The Hall–Kier alpha value is -2.44. The summed E-state index contributed by atoms with van der Waals surface area (Å²) < 4.78 is 5.56. The van der Waals surface area contributed by atoms with Crippen molar-refractivity contribution in [1.82, 2.24) is 19.7 Å². The highest BCUT2D eigenvalue weighted by molar-refractivity contribution is 5.92. The van der Waals surface area contributed by atoms with Crippen LogP contribution < -0.4 is 0 Å². The molecule has 28 heavy (non-hydrogen) atoms. The van der Waals surface area contributed by atoms with Crippen molar-refractivity contribution in [2.75, 3.05) is 45.8 Å². The van der Waals surface area contributed by atoms with Gasteiger partial charge >= 0.3 is 0 Å². The lowest BCUT2D eigenvalue weighted by atomic mass is 10.2. The number of nitrogens with zero attached hydrogens (tertiary/aromatic N) is 4. The Morgan fingerprint density at radius 2 is 1.71 bits per heavy atom. The third-order valence-electron chi connectivity index (χ3n) is 5.46. The minimum atomic E-state index is 0.00234. The molecule has 3 heterocycles. The number of piperazine rings is 1. The molecule has 0 bridgehead atoms. The number of carbonyl (C=O) groups is 1.